The molecule has 2 heterocycles. The number of para-hydroxylation sites is 1. The van der Waals surface area contributed by atoms with E-state index in [2.05, 4.69) is 20.5 Å². The van der Waals surface area contributed by atoms with E-state index in [9.17, 15) is 4.79 Å². The van der Waals surface area contributed by atoms with Crippen LogP contribution in [0.1, 0.15) is 16.2 Å². The lowest BCUT2D eigenvalue weighted by atomic mass is 10.1. The number of nitrogens with one attached hydrogen (secondary N) is 2. The molecule has 0 unspecified atom stereocenters. The molecule has 0 saturated carbocycles. The number of nitrogen functional groups attached to an aromatic ring is 1. The van der Waals surface area contributed by atoms with E-state index in [-0.39, 0.29) is 18.4 Å². The molecule has 2 aromatic rings. The van der Waals surface area contributed by atoms with Gasteiger partial charge in [0.25, 0.3) is 5.91 Å². The monoisotopic (exact) mass is 275 g/mol. The number of ether oxygens (including phenoxy) is 2. The van der Waals surface area contributed by atoms with Gasteiger partial charge in [0.2, 0.25) is 5.95 Å². The zero-order chi connectivity index (χ0) is 13.9. The van der Waals surface area contributed by atoms with Crippen molar-refractivity contribution in [2.24, 2.45) is 0 Å². The van der Waals surface area contributed by atoms with Crippen LogP contribution in [0.4, 0.5) is 5.95 Å². The van der Waals surface area contributed by atoms with E-state index in [1.807, 2.05) is 0 Å². The molecule has 8 heteroatoms. The maximum atomic E-state index is 12.2. The molecule has 1 aliphatic heterocycles. The molecule has 0 aliphatic carbocycles. The summed E-state index contributed by atoms with van der Waals surface area (Å²) in [4.78, 5) is 16.1. The fourth-order valence-electron chi connectivity index (χ4n) is 1.90. The first-order valence-corrected chi connectivity index (χ1v) is 6.07. The summed E-state index contributed by atoms with van der Waals surface area (Å²) in [6.45, 7) is 1.11. The van der Waals surface area contributed by atoms with Crippen LogP contribution < -0.4 is 20.5 Å². The van der Waals surface area contributed by atoms with Crippen LogP contribution in [0.25, 0.3) is 0 Å². The van der Waals surface area contributed by atoms with Crippen LogP contribution in [0, 0.1) is 0 Å². The molecule has 4 N–H and O–H groups in total. The number of hydrogen-bond acceptors (Lipinski definition) is 6. The van der Waals surface area contributed by atoms with Gasteiger partial charge in [0.15, 0.2) is 11.5 Å². The maximum absolute atomic E-state index is 12.2. The predicted octanol–water partition coefficient (Wildman–Crippen LogP) is 0.0881. The van der Waals surface area contributed by atoms with Crippen LogP contribution in [0.15, 0.2) is 18.2 Å². The number of nitrogens with two attached hydrogens (primary N) is 1. The Morgan fingerprint density at radius 3 is 3.05 bits per heavy atom. The normalized spacial score (nSPS) is 13.0. The summed E-state index contributed by atoms with van der Waals surface area (Å²) in [7, 11) is 0. The topological polar surface area (TPSA) is 115 Å². The molecule has 0 radical (unpaired) electrons. The van der Waals surface area contributed by atoms with Crippen LogP contribution in [0.3, 0.4) is 0 Å². The number of rotatable bonds is 3. The summed E-state index contributed by atoms with van der Waals surface area (Å²) in [5.74, 6) is 1.39. The highest BCUT2D eigenvalue weighted by Crippen LogP contribution is 2.33. The Kier molecular flexibility index (Phi) is 3.12. The Morgan fingerprint density at radius 2 is 2.25 bits per heavy atom. The van der Waals surface area contributed by atoms with Crippen LogP contribution in [0.2, 0.25) is 0 Å². The quantitative estimate of drug-likeness (QED) is 0.731. The van der Waals surface area contributed by atoms with E-state index in [0.717, 1.165) is 0 Å². The Hall–Kier alpha value is -2.77. The second kappa shape index (κ2) is 5.08. The second-order valence-corrected chi connectivity index (χ2v) is 4.15. The van der Waals surface area contributed by atoms with E-state index in [0.29, 0.717) is 36.1 Å². The third-order valence-corrected chi connectivity index (χ3v) is 2.78. The number of aromatic amines is 1. The second-order valence-electron chi connectivity index (χ2n) is 4.15. The van der Waals surface area contributed by atoms with Gasteiger partial charge in [0.1, 0.15) is 19.0 Å². The number of nitrogens with zero attached hydrogens (tertiary/aromatic N) is 2. The van der Waals surface area contributed by atoms with E-state index in [1.54, 1.807) is 18.2 Å². The molecule has 0 fully saturated rings. The van der Waals surface area contributed by atoms with Gasteiger partial charge in [0.05, 0.1) is 12.1 Å². The highest BCUT2D eigenvalue weighted by Gasteiger charge is 2.20. The van der Waals surface area contributed by atoms with Crippen molar-refractivity contribution in [1.29, 1.82) is 0 Å². The van der Waals surface area contributed by atoms with Crippen molar-refractivity contribution in [3.05, 3.63) is 29.6 Å². The first-order chi connectivity index (χ1) is 9.74. The number of H-pyrrole nitrogens is 1. The first kappa shape index (κ1) is 12.3. The average Bonchev–Trinajstić information content (AvgIpc) is 2.90. The molecule has 0 atom stereocenters. The Labute approximate surface area is 114 Å². The number of hydrogen-bond donors (Lipinski definition) is 3. The van der Waals surface area contributed by atoms with Crippen molar-refractivity contribution in [3.8, 4) is 11.5 Å². The van der Waals surface area contributed by atoms with Crippen molar-refractivity contribution in [3.63, 3.8) is 0 Å². The molecule has 20 heavy (non-hydrogen) atoms. The number of benzene rings is 1. The lowest BCUT2D eigenvalue weighted by molar-refractivity contribution is 0.0939. The van der Waals surface area contributed by atoms with E-state index >= 15 is 0 Å². The molecule has 0 spiro atoms. The van der Waals surface area contributed by atoms with Crippen molar-refractivity contribution in [2.75, 3.05) is 18.9 Å². The smallest absolute Gasteiger partial charge is 0.255 e. The van der Waals surface area contributed by atoms with Crippen molar-refractivity contribution in [1.82, 2.24) is 20.5 Å². The highest BCUT2D eigenvalue weighted by atomic mass is 16.6. The number of carbonyl (C=O) groups is 1. The van der Waals surface area contributed by atoms with Gasteiger partial charge in [-0.05, 0) is 12.1 Å². The third-order valence-electron chi connectivity index (χ3n) is 2.78. The van der Waals surface area contributed by atoms with Gasteiger partial charge in [0, 0.05) is 0 Å². The molecule has 0 bridgehead atoms. The van der Waals surface area contributed by atoms with Gasteiger partial charge < -0.3 is 20.5 Å². The largest absolute Gasteiger partial charge is 0.486 e. The van der Waals surface area contributed by atoms with E-state index < -0.39 is 0 Å². The van der Waals surface area contributed by atoms with Gasteiger partial charge in [-0.3, -0.25) is 9.89 Å². The number of fused-ring (bicyclic) bond motifs is 1. The first-order valence-electron chi connectivity index (χ1n) is 6.07. The standard InChI is InChI=1S/C12H13N5O3/c13-12-15-9(16-17-12)6-14-11(18)7-2-1-3-8-10(7)20-5-4-19-8/h1-3H,4-6H2,(H,14,18)(H3,13,15,16,17). The van der Waals surface area contributed by atoms with Crippen molar-refractivity contribution < 1.29 is 14.3 Å². The summed E-state index contributed by atoms with van der Waals surface area (Å²) in [5, 5.41) is 9.02. The van der Waals surface area contributed by atoms with Crippen LogP contribution in [-0.4, -0.2) is 34.3 Å². The minimum absolute atomic E-state index is 0.142. The minimum atomic E-state index is -0.276. The van der Waals surface area contributed by atoms with Gasteiger partial charge in [-0.25, -0.2) is 0 Å². The summed E-state index contributed by atoms with van der Waals surface area (Å²) in [6, 6.07) is 5.19. The SMILES string of the molecule is Nc1n[nH]c(CNC(=O)c2cccc3c2OCCO3)n1. The number of amides is 1. The molecular formula is C12H13N5O3. The molecular weight excluding hydrogens is 262 g/mol. The van der Waals surface area contributed by atoms with E-state index in [1.165, 1.54) is 0 Å². The van der Waals surface area contributed by atoms with Crippen LogP contribution in [0.5, 0.6) is 11.5 Å². The zero-order valence-corrected chi connectivity index (χ0v) is 10.5. The lowest BCUT2D eigenvalue weighted by Crippen LogP contribution is -2.26. The highest BCUT2D eigenvalue weighted by molar-refractivity contribution is 5.97. The Balaban J connectivity index is 1.74. The van der Waals surface area contributed by atoms with Gasteiger partial charge in [-0.1, -0.05) is 6.07 Å². The van der Waals surface area contributed by atoms with Crippen LogP contribution >= 0.6 is 0 Å². The molecule has 3 rings (SSSR count). The number of carbonyl (C=O) groups excluding carboxylic acids is 1. The fraction of sp³-hybridized carbons (Fsp3) is 0.250. The molecule has 1 aliphatic rings. The molecule has 104 valence electrons. The summed E-state index contributed by atoms with van der Waals surface area (Å²) in [6.07, 6.45) is 0. The molecule has 1 amide bonds. The fourth-order valence-corrected chi connectivity index (χ4v) is 1.90. The third kappa shape index (κ3) is 2.35. The maximum Gasteiger partial charge on any atom is 0.255 e. The van der Waals surface area contributed by atoms with Crippen molar-refractivity contribution in [2.45, 2.75) is 6.54 Å². The van der Waals surface area contributed by atoms with Gasteiger partial charge in [-0.2, -0.15) is 4.98 Å². The summed E-state index contributed by atoms with van der Waals surface area (Å²) in [5.41, 5.74) is 5.81. The Bertz CT molecular complexity index is 640. The van der Waals surface area contributed by atoms with Crippen molar-refractivity contribution >= 4 is 11.9 Å². The van der Waals surface area contributed by atoms with Gasteiger partial charge in [-0.15, -0.1) is 5.10 Å². The minimum Gasteiger partial charge on any atom is -0.486 e. The summed E-state index contributed by atoms with van der Waals surface area (Å²) < 4.78 is 10.9. The average molecular weight is 275 g/mol. The molecule has 8 nitrogen and oxygen atoms in total. The summed E-state index contributed by atoms with van der Waals surface area (Å²) >= 11 is 0. The predicted molar refractivity (Wildman–Crippen MR) is 69.4 cm³/mol. The number of aromatic nitrogens is 3. The Morgan fingerprint density at radius 1 is 1.40 bits per heavy atom. The number of anilines is 1. The van der Waals surface area contributed by atoms with E-state index in [4.69, 9.17) is 15.2 Å². The molecule has 1 aromatic carbocycles. The molecule has 0 saturated heterocycles. The van der Waals surface area contributed by atoms with Gasteiger partial charge >= 0.3 is 0 Å². The zero-order valence-electron chi connectivity index (χ0n) is 10.5. The lowest BCUT2D eigenvalue weighted by Gasteiger charge is -2.20. The van der Waals surface area contributed by atoms with Crippen LogP contribution in [-0.2, 0) is 6.54 Å². The molecule has 1 aromatic heterocycles.